The molecule has 0 saturated carbocycles. The molecule has 0 radical (unpaired) electrons. The second-order valence-corrected chi connectivity index (χ2v) is 15.9. The van der Waals surface area contributed by atoms with Crippen molar-refractivity contribution in [2.24, 2.45) is 0 Å². The first kappa shape index (κ1) is 42.3. The molecule has 6 aromatic carbocycles. The van der Waals surface area contributed by atoms with Crippen molar-refractivity contribution >= 4 is 23.9 Å². The van der Waals surface area contributed by atoms with Gasteiger partial charge in [-0.2, -0.15) is 0 Å². The lowest BCUT2D eigenvalue weighted by molar-refractivity contribution is -0.135. The molecule has 310 valence electrons. The Bertz CT molecular complexity index is 2340. The molecule has 0 spiro atoms. The quantitative estimate of drug-likeness (QED) is 0.0702. The minimum atomic E-state index is -0.442. The van der Waals surface area contributed by atoms with Gasteiger partial charge in [-0.15, -0.1) is 0 Å². The fourth-order valence-electron chi connectivity index (χ4n) is 7.65. The van der Waals surface area contributed by atoms with Crippen molar-refractivity contribution in [1.29, 1.82) is 0 Å². The molecule has 0 aromatic heterocycles. The molecule has 1 aliphatic rings. The number of fused-ring (bicyclic) bond motifs is 3. The van der Waals surface area contributed by atoms with Crippen LogP contribution in [0.5, 0.6) is 23.0 Å². The summed E-state index contributed by atoms with van der Waals surface area (Å²) in [5.74, 6) is 0.260. The largest absolute Gasteiger partial charge is 0.427 e. The van der Waals surface area contributed by atoms with E-state index < -0.39 is 17.4 Å². The Morgan fingerprint density at radius 2 is 0.738 bits per heavy atom. The van der Waals surface area contributed by atoms with Gasteiger partial charge in [0.15, 0.2) is 0 Å². The first-order valence-corrected chi connectivity index (χ1v) is 21.0. The zero-order valence-electron chi connectivity index (χ0n) is 35.1. The van der Waals surface area contributed by atoms with Crippen LogP contribution in [0.25, 0.3) is 11.1 Å². The fourth-order valence-corrected chi connectivity index (χ4v) is 7.65. The van der Waals surface area contributed by atoms with Crippen LogP contribution in [-0.2, 0) is 40.7 Å². The van der Waals surface area contributed by atoms with E-state index in [1.807, 2.05) is 72.8 Å². The summed E-state index contributed by atoms with van der Waals surface area (Å²) in [6, 6.07) is 40.6. The van der Waals surface area contributed by atoms with Crippen molar-refractivity contribution in [2.45, 2.75) is 84.5 Å². The number of esters is 4. The maximum Gasteiger partial charge on any atom is 0.343 e. The lowest BCUT2D eigenvalue weighted by Crippen LogP contribution is -2.16. The molecule has 0 aliphatic heterocycles. The molecular weight excluding hydrogens is 765 g/mol. The minimum Gasteiger partial charge on any atom is -0.427 e. The predicted molar refractivity (Wildman–Crippen MR) is 236 cm³/mol. The van der Waals surface area contributed by atoms with Gasteiger partial charge in [0.2, 0.25) is 0 Å². The SMILES string of the molecule is CCCc1ccc(C(=O)Oc2ccc(CCC(=O)Oc3ccc4c(c3)C(C)(C)c3cc(OC(=O)CCc5ccc(OC(=O)c6ccc(CCC)cc6)cc5)ccc3-4)cc2)cc1. The number of rotatable bonds is 16. The van der Waals surface area contributed by atoms with E-state index in [-0.39, 0.29) is 24.8 Å². The average Bonchev–Trinajstić information content (AvgIpc) is 3.48. The van der Waals surface area contributed by atoms with Gasteiger partial charge in [-0.1, -0.05) is 101 Å². The summed E-state index contributed by atoms with van der Waals surface area (Å²) < 4.78 is 22.7. The Hall–Kier alpha value is -6.80. The summed E-state index contributed by atoms with van der Waals surface area (Å²) in [7, 11) is 0. The number of aryl methyl sites for hydroxylation is 4. The summed E-state index contributed by atoms with van der Waals surface area (Å²) in [5, 5.41) is 0. The summed E-state index contributed by atoms with van der Waals surface area (Å²) in [4.78, 5) is 51.1. The maximum absolute atomic E-state index is 13.0. The van der Waals surface area contributed by atoms with Crippen LogP contribution in [0.1, 0.15) is 107 Å². The minimum absolute atomic E-state index is 0.175. The van der Waals surface area contributed by atoms with Crippen LogP contribution < -0.4 is 18.9 Å². The highest BCUT2D eigenvalue weighted by atomic mass is 16.5. The third-order valence-electron chi connectivity index (χ3n) is 11.0. The molecular formula is C53H50O8. The first-order chi connectivity index (χ1) is 29.5. The van der Waals surface area contributed by atoms with E-state index in [0.717, 1.165) is 59.1 Å². The number of hydrogen-bond donors (Lipinski definition) is 0. The van der Waals surface area contributed by atoms with Gasteiger partial charge in [0.05, 0.1) is 11.1 Å². The van der Waals surface area contributed by atoms with Gasteiger partial charge in [-0.05, 0) is 143 Å². The second kappa shape index (κ2) is 19.1. The first-order valence-electron chi connectivity index (χ1n) is 21.0. The predicted octanol–water partition coefficient (Wildman–Crippen LogP) is 11.4. The third kappa shape index (κ3) is 10.5. The van der Waals surface area contributed by atoms with Crippen LogP contribution in [0.3, 0.4) is 0 Å². The van der Waals surface area contributed by atoms with Crippen molar-refractivity contribution in [3.8, 4) is 34.1 Å². The summed E-state index contributed by atoms with van der Waals surface area (Å²) in [5.41, 5.74) is 8.84. The lowest BCUT2D eigenvalue weighted by atomic mass is 9.82. The van der Waals surface area contributed by atoms with Gasteiger partial charge in [-0.3, -0.25) is 9.59 Å². The lowest BCUT2D eigenvalue weighted by Gasteiger charge is -2.22. The molecule has 61 heavy (non-hydrogen) atoms. The highest BCUT2D eigenvalue weighted by Gasteiger charge is 2.36. The Morgan fingerprint density at radius 1 is 0.410 bits per heavy atom. The fraction of sp³-hybridized carbons (Fsp3) is 0.245. The van der Waals surface area contributed by atoms with Crippen LogP contribution in [0.4, 0.5) is 0 Å². The van der Waals surface area contributed by atoms with Gasteiger partial charge in [0, 0.05) is 18.3 Å². The molecule has 0 atom stereocenters. The molecule has 0 amide bonds. The Kier molecular flexibility index (Phi) is 13.2. The monoisotopic (exact) mass is 814 g/mol. The van der Waals surface area contributed by atoms with Crippen LogP contribution in [0.2, 0.25) is 0 Å². The normalized spacial score (nSPS) is 12.2. The molecule has 7 rings (SSSR count). The third-order valence-corrected chi connectivity index (χ3v) is 11.0. The van der Waals surface area contributed by atoms with E-state index >= 15 is 0 Å². The average molecular weight is 815 g/mol. The molecule has 0 bridgehead atoms. The van der Waals surface area contributed by atoms with Gasteiger partial charge in [-0.25, -0.2) is 9.59 Å². The van der Waals surface area contributed by atoms with Crippen LogP contribution >= 0.6 is 0 Å². The van der Waals surface area contributed by atoms with Gasteiger partial charge < -0.3 is 18.9 Å². The molecule has 0 unspecified atom stereocenters. The number of ether oxygens (including phenoxy) is 4. The Balaban J connectivity index is 0.878. The van der Waals surface area contributed by atoms with E-state index in [4.69, 9.17) is 18.9 Å². The highest BCUT2D eigenvalue weighted by molar-refractivity contribution is 5.91. The number of hydrogen-bond acceptors (Lipinski definition) is 8. The summed E-state index contributed by atoms with van der Waals surface area (Å²) in [6.45, 7) is 8.44. The van der Waals surface area contributed by atoms with Gasteiger partial charge in [0.1, 0.15) is 23.0 Å². The molecule has 0 saturated heterocycles. The molecule has 0 fully saturated rings. The number of benzene rings is 6. The zero-order valence-corrected chi connectivity index (χ0v) is 35.1. The molecule has 8 nitrogen and oxygen atoms in total. The van der Waals surface area contributed by atoms with E-state index in [1.54, 1.807) is 60.7 Å². The molecule has 0 heterocycles. The number of carbonyl (C=O) groups excluding carboxylic acids is 4. The summed E-state index contributed by atoms with van der Waals surface area (Å²) in [6.07, 6.45) is 5.30. The molecule has 8 heteroatoms. The topological polar surface area (TPSA) is 105 Å². The Morgan fingerprint density at radius 3 is 1.10 bits per heavy atom. The van der Waals surface area contributed by atoms with Gasteiger partial charge in [0.25, 0.3) is 0 Å². The van der Waals surface area contributed by atoms with E-state index in [1.165, 1.54) is 11.1 Å². The standard InChI is InChI=1S/C53H50O8/c1-5-7-35-9-19-39(20-10-35)51(56)60-41-23-13-37(14-24-41)17-31-49(54)58-43-27-29-45-46-30-28-44(34-48(46)53(3,4)47(45)33-43)59-50(55)32-18-38-15-25-42(26-16-38)61-52(57)40-21-11-36(8-6-2)12-22-40/h9-16,19-30,33-34H,5-8,17-18,31-32H2,1-4H3. The van der Waals surface area contributed by atoms with E-state index in [0.29, 0.717) is 47.0 Å². The highest BCUT2D eigenvalue weighted by Crippen LogP contribution is 2.50. The van der Waals surface area contributed by atoms with Crippen molar-refractivity contribution in [2.75, 3.05) is 0 Å². The molecule has 0 N–H and O–H groups in total. The van der Waals surface area contributed by atoms with Crippen molar-refractivity contribution in [1.82, 2.24) is 0 Å². The van der Waals surface area contributed by atoms with Crippen LogP contribution in [0.15, 0.2) is 133 Å². The van der Waals surface area contributed by atoms with E-state index in [2.05, 4.69) is 27.7 Å². The molecule has 1 aliphatic carbocycles. The number of carbonyl (C=O) groups is 4. The molecule has 6 aromatic rings. The van der Waals surface area contributed by atoms with E-state index in [9.17, 15) is 19.2 Å². The van der Waals surface area contributed by atoms with Crippen molar-refractivity contribution < 1.29 is 38.1 Å². The Labute approximate surface area is 357 Å². The maximum atomic E-state index is 13.0. The van der Waals surface area contributed by atoms with Gasteiger partial charge >= 0.3 is 23.9 Å². The van der Waals surface area contributed by atoms with Crippen molar-refractivity contribution in [3.63, 3.8) is 0 Å². The van der Waals surface area contributed by atoms with Crippen molar-refractivity contribution in [3.05, 3.63) is 178 Å². The second-order valence-electron chi connectivity index (χ2n) is 15.9. The zero-order chi connectivity index (χ0) is 42.9. The smallest absolute Gasteiger partial charge is 0.343 e. The van der Waals surface area contributed by atoms with Crippen LogP contribution in [0, 0.1) is 0 Å². The van der Waals surface area contributed by atoms with Crippen LogP contribution in [-0.4, -0.2) is 23.9 Å². The summed E-state index contributed by atoms with van der Waals surface area (Å²) >= 11 is 0.